The number of rotatable bonds is 1. The fraction of sp³-hybridized carbons (Fsp3) is 0.562. The molecular weight excluding hydrogens is 238 g/mol. The van der Waals surface area contributed by atoms with Gasteiger partial charge in [-0.1, -0.05) is 19.9 Å². The van der Waals surface area contributed by atoms with Crippen LogP contribution >= 0.6 is 0 Å². The van der Waals surface area contributed by atoms with Gasteiger partial charge in [-0.15, -0.1) is 0 Å². The number of carbonyl (C=O) groups is 1. The number of Topliss-reactive ketones (excluding diaryl/α,β-unsaturated/α-hetero) is 1. The van der Waals surface area contributed by atoms with Crippen LogP contribution in [0.1, 0.15) is 37.8 Å². The molecule has 2 atom stereocenters. The van der Waals surface area contributed by atoms with Gasteiger partial charge in [-0.25, -0.2) is 5.06 Å². The number of benzene rings is 1. The molecule has 3 fully saturated rings. The van der Waals surface area contributed by atoms with E-state index in [2.05, 4.69) is 45.9 Å². The molecule has 2 heterocycles. The van der Waals surface area contributed by atoms with Crippen molar-refractivity contribution < 1.29 is 9.63 Å². The zero-order valence-corrected chi connectivity index (χ0v) is 12.1. The fourth-order valence-corrected chi connectivity index (χ4v) is 3.35. The highest BCUT2D eigenvalue weighted by atomic mass is 16.7. The van der Waals surface area contributed by atoms with Gasteiger partial charge in [0.15, 0.2) is 5.78 Å². The Hall–Kier alpha value is -1.35. The third kappa shape index (κ3) is 2.06. The molecule has 0 amide bonds. The maximum absolute atomic E-state index is 11.9. The lowest BCUT2D eigenvalue weighted by atomic mass is 9.70. The zero-order chi connectivity index (χ0) is 13.8. The van der Waals surface area contributed by atoms with Gasteiger partial charge in [-0.3, -0.25) is 9.63 Å². The van der Waals surface area contributed by atoms with Gasteiger partial charge in [-0.2, -0.15) is 0 Å². The second kappa shape index (κ2) is 4.07. The van der Waals surface area contributed by atoms with Gasteiger partial charge in [0.25, 0.3) is 0 Å². The van der Waals surface area contributed by atoms with Gasteiger partial charge in [0.1, 0.15) is 6.10 Å². The lowest BCUT2D eigenvalue weighted by Gasteiger charge is -2.53. The van der Waals surface area contributed by atoms with Crippen molar-refractivity contribution in [3.05, 3.63) is 29.3 Å². The predicted octanol–water partition coefficient (Wildman–Crippen LogP) is 3.18. The van der Waals surface area contributed by atoms with Crippen LogP contribution in [0.25, 0.3) is 0 Å². The Balaban J connectivity index is 2.00. The molecule has 0 N–H and O–H groups in total. The van der Waals surface area contributed by atoms with E-state index in [9.17, 15) is 4.79 Å². The SMILES string of the molecule is Cc1cc(C)cc(N2O[C@@H]3CC(C)(C)[C@H]2CC3=O)c1. The number of carbonyl (C=O) groups excluding carboxylic acids is 1. The average molecular weight is 259 g/mol. The molecule has 4 rings (SSSR count). The number of ketones is 1. The minimum Gasteiger partial charge on any atom is -0.297 e. The molecule has 0 unspecified atom stereocenters. The highest BCUT2D eigenvalue weighted by Gasteiger charge is 2.51. The van der Waals surface area contributed by atoms with Crippen LogP contribution in [0.4, 0.5) is 5.69 Å². The molecule has 1 aromatic rings. The van der Waals surface area contributed by atoms with Crippen molar-refractivity contribution in [2.24, 2.45) is 5.41 Å². The minimum absolute atomic E-state index is 0.120. The number of hydroxylamine groups is 1. The monoisotopic (exact) mass is 259 g/mol. The summed E-state index contributed by atoms with van der Waals surface area (Å²) in [7, 11) is 0. The summed E-state index contributed by atoms with van der Waals surface area (Å²) >= 11 is 0. The van der Waals surface area contributed by atoms with Crippen LogP contribution in [0.3, 0.4) is 0 Å². The third-order valence-corrected chi connectivity index (χ3v) is 4.35. The van der Waals surface area contributed by atoms with E-state index in [4.69, 9.17) is 4.84 Å². The Morgan fingerprint density at radius 3 is 2.42 bits per heavy atom. The maximum atomic E-state index is 11.9. The Bertz CT molecular complexity index is 515. The molecule has 102 valence electrons. The van der Waals surface area contributed by atoms with Crippen LogP contribution in [-0.2, 0) is 9.63 Å². The number of anilines is 1. The van der Waals surface area contributed by atoms with Crippen LogP contribution < -0.4 is 5.06 Å². The smallest absolute Gasteiger partial charge is 0.166 e. The summed E-state index contributed by atoms with van der Waals surface area (Å²) in [5, 5.41) is 1.98. The van der Waals surface area contributed by atoms with Gasteiger partial charge in [0.05, 0.1) is 11.7 Å². The Labute approximate surface area is 114 Å². The van der Waals surface area contributed by atoms with E-state index in [1.165, 1.54) is 11.1 Å². The molecule has 0 spiro atoms. The van der Waals surface area contributed by atoms with Crippen molar-refractivity contribution >= 4 is 11.5 Å². The molecule has 1 aromatic carbocycles. The molecule has 0 aromatic heterocycles. The molecule has 1 saturated carbocycles. The highest BCUT2D eigenvalue weighted by Crippen LogP contribution is 2.45. The summed E-state index contributed by atoms with van der Waals surface area (Å²) in [4.78, 5) is 17.8. The van der Waals surface area contributed by atoms with Crippen molar-refractivity contribution in [3.63, 3.8) is 0 Å². The quantitative estimate of drug-likeness (QED) is 0.775. The summed E-state index contributed by atoms with van der Waals surface area (Å²) in [5.41, 5.74) is 3.65. The summed E-state index contributed by atoms with van der Waals surface area (Å²) in [6.45, 7) is 8.65. The molecule has 2 saturated heterocycles. The van der Waals surface area contributed by atoms with Crippen molar-refractivity contribution in [1.82, 2.24) is 0 Å². The molecule has 19 heavy (non-hydrogen) atoms. The second-order valence-electron chi connectivity index (χ2n) is 6.64. The van der Waals surface area contributed by atoms with Crippen molar-refractivity contribution in [2.45, 2.75) is 52.7 Å². The molecule has 2 aliphatic heterocycles. The van der Waals surface area contributed by atoms with E-state index in [1.807, 2.05) is 5.06 Å². The van der Waals surface area contributed by atoms with Gasteiger partial charge in [-0.05, 0) is 48.9 Å². The second-order valence-corrected chi connectivity index (χ2v) is 6.64. The first-order valence-electron chi connectivity index (χ1n) is 6.94. The summed E-state index contributed by atoms with van der Waals surface area (Å²) in [5.74, 6) is 0.255. The number of aryl methyl sites for hydroxylation is 2. The van der Waals surface area contributed by atoms with Crippen LogP contribution in [0.15, 0.2) is 18.2 Å². The highest BCUT2D eigenvalue weighted by molar-refractivity contribution is 5.86. The van der Waals surface area contributed by atoms with Crippen molar-refractivity contribution in [2.75, 3.05) is 5.06 Å². The summed E-state index contributed by atoms with van der Waals surface area (Å²) in [6, 6.07) is 6.57. The lowest BCUT2D eigenvalue weighted by Crippen LogP contribution is -2.61. The Morgan fingerprint density at radius 1 is 1.21 bits per heavy atom. The van der Waals surface area contributed by atoms with Crippen LogP contribution in [0, 0.1) is 19.3 Å². The number of nitrogens with zero attached hydrogens (tertiary/aromatic N) is 1. The summed E-state index contributed by atoms with van der Waals surface area (Å²) in [6.07, 6.45) is 1.17. The van der Waals surface area contributed by atoms with E-state index < -0.39 is 0 Å². The molecule has 1 aliphatic carbocycles. The minimum atomic E-state index is -0.263. The average Bonchev–Trinajstić information content (AvgIpc) is 2.28. The fourth-order valence-electron chi connectivity index (χ4n) is 3.35. The maximum Gasteiger partial charge on any atom is 0.166 e. The molecular formula is C16H21NO2. The first-order chi connectivity index (χ1) is 8.87. The zero-order valence-electron chi connectivity index (χ0n) is 12.1. The number of fused-ring (bicyclic) bond motifs is 3. The van der Waals surface area contributed by atoms with E-state index in [-0.39, 0.29) is 23.3 Å². The van der Waals surface area contributed by atoms with Gasteiger partial charge in [0.2, 0.25) is 0 Å². The number of hydrogen-bond acceptors (Lipinski definition) is 3. The first kappa shape index (κ1) is 12.7. The first-order valence-corrected chi connectivity index (χ1v) is 6.94. The van der Waals surface area contributed by atoms with Gasteiger partial charge >= 0.3 is 0 Å². The normalized spacial score (nSPS) is 28.8. The topological polar surface area (TPSA) is 29.5 Å². The van der Waals surface area contributed by atoms with E-state index in [0.717, 1.165) is 12.1 Å². The van der Waals surface area contributed by atoms with E-state index >= 15 is 0 Å². The number of hydrogen-bond donors (Lipinski definition) is 0. The largest absolute Gasteiger partial charge is 0.297 e. The van der Waals surface area contributed by atoms with Crippen LogP contribution in [-0.4, -0.2) is 17.9 Å². The lowest BCUT2D eigenvalue weighted by molar-refractivity contribution is -0.159. The Morgan fingerprint density at radius 2 is 1.84 bits per heavy atom. The van der Waals surface area contributed by atoms with Gasteiger partial charge in [0, 0.05) is 6.42 Å². The molecule has 3 heteroatoms. The Kier molecular flexibility index (Phi) is 2.72. The third-order valence-electron chi connectivity index (χ3n) is 4.35. The van der Waals surface area contributed by atoms with Crippen molar-refractivity contribution in [3.8, 4) is 0 Å². The molecule has 0 radical (unpaired) electrons. The molecule has 3 nitrogen and oxygen atoms in total. The summed E-state index contributed by atoms with van der Waals surface area (Å²) < 4.78 is 0. The molecule has 2 bridgehead atoms. The standard InChI is InChI=1S/C16H21NO2/c1-10-5-11(2)7-12(6-10)17-15-8-13(18)14(19-17)9-16(15,3)4/h5-7,14-15H,8-9H2,1-4H3/t14-,15-/m1/s1. The van der Waals surface area contributed by atoms with Crippen molar-refractivity contribution in [1.29, 1.82) is 0 Å². The van der Waals surface area contributed by atoms with E-state index in [0.29, 0.717) is 6.42 Å². The predicted molar refractivity (Wildman–Crippen MR) is 75.1 cm³/mol. The molecule has 3 aliphatic rings. The van der Waals surface area contributed by atoms with E-state index in [1.54, 1.807) is 0 Å². The van der Waals surface area contributed by atoms with Crippen LogP contribution in [0.2, 0.25) is 0 Å². The van der Waals surface area contributed by atoms with Crippen LogP contribution in [0.5, 0.6) is 0 Å². The van der Waals surface area contributed by atoms with Gasteiger partial charge < -0.3 is 0 Å².